The van der Waals surface area contributed by atoms with Gasteiger partial charge in [-0.2, -0.15) is 0 Å². The number of fused-ring (bicyclic) bond motifs is 9. The molecule has 2 aliphatic rings. The monoisotopic (exact) mass is 677 g/mol. The molecule has 252 valence electrons. The Kier molecular flexibility index (Phi) is 7.13. The zero-order valence-electron chi connectivity index (χ0n) is 30.0. The van der Waals surface area contributed by atoms with Crippen molar-refractivity contribution in [2.45, 2.75) is 24.7 Å². The Morgan fingerprint density at radius 3 is 1.42 bits per heavy atom. The van der Waals surface area contributed by atoms with E-state index >= 15 is 0 Å². The minimum absolute atomic E-state index is 0.125. The summed E-state index contributed by atoms with van der Waals surface area (Å²) in [6, 6.07) is 73.8. The third kappa shape index (κ3) is 4.64. The first-order chi connectivity index (χ1) is 26.1. The van der Waals surface area contributed by atoms with Crippen LogP contribution in [0.15, 0.2) is 200 Å². The van der Waals surface area contributed by atoms with Crippen LogP contribution >= 0.6 is 0 Å². The molecule has 0 unspecified atom stereocenters. The van der Waals surface area contributed by atoms with Crippen LogP contribution in [0.5, 0.6) is 0 Å². The lowest BCUT2D eigenvalue weighted by molar-refractivity contribution is 0.563. The predicted molar refractivity (Wildman–Crippen MR) is 221 cm³/mol. The first kappa shape index (κ1) is 31.3. The molecule has 0 bridgehead atoms. The van der Waals surface area contributed by atoms with Crippen molar-refractivity contribution in [3.63, 3.8) is 0 Å². The molecule has 0 saturated carbocycles. The molecule has 0 radical (unpaired) electrons. The van der Waals surface area contributed by atoms with E-state index < -0.39 is 5.41 Å². The Morgan fingerprint density at radius 1 is 0.321 bits per heavy atom. The summed E-state index contributed by atoms with van der Waals surface area (Å²) in [7, 11) is 0. The predicted octanol–water partition coefficient (Wildman–Crippen LogP) is 13.5. The van der Waals surface area contributed by atoms with E-state index in [1.807, 2.05) is 0 Å². The molecule has 1 heteroatoms. The molecule has 1 nitrogen and oxygen atoms in total. The molecule has 0 amide bonds. The van der Waals surface area contributed by atoms with E-state index in [4.69, 9.17) is 0 Å². The molecule has 0 N–H and O–H groups in total. The maximum Gasteiger partial charge on any atom is 0.0719 e. The van der Waals surface area contributed by atoms with Crippen LogP contribution in [0.4, 0.5) is 17.1 Å². The number of para-hydroxylation sites is 1. The molecule has 8 aromatic carbocycles. The van der Waals surface area contributed by atoms with Crippen molar-refractivity contribution >= 4 is 17.1 Å². The maximum atomic E-state index is 2.45. The van der Waals surface area contributed by atoms with Gasteiger partial charge in [0.2, 0.25) is 0 Å². The summed E-state index contributed by atoms with van der Waals surface area (Å²) in [6.07, 6.45) is 0. The van der Waals surface area contributed by atoms with Crippen molar-refractivity contribution in [2.75, 3.05) is 4.90 Å². The Hall–Kier alpha value is -6.44. The molecule has 0 aromatic heterocycles. The smallest absolute Gasteiger partial charge is 0.0719 e. The van der Waals surface area contributed by atoms with Gasteiger partial charge in [-0.3, -0.25) is 0 Å². The second-order valence-corrected chi connectivity index (χ2v) is 14.9. The van der Waals surface area contributed by atoms with Crippen molar-refractivity contribution in [1.82, 2.24) is 0 Å². The summed E-state index contributed by atoms with van der Waals surface area (Å²) in [5.41, 5.74) is 18.5. The van der Waals surface area contributed by atoms with Gasteiger partial charge in [-0.15, -0.1) is 0 Å². The van der Waals surface area contributed by atoms with Crippen LogP contribution in [0, 0.1) is 0 Å². The van der Waals surface area contributed by atoms with Gasteiger partial charge >= 0.3 is 0 Å². The Labute approximate surface area is 312 Å². The third-order valence-electron chi connectivity index (χ3n) is 11.8. The van der Waals surface area contributed by atoms with Gasteiger partial charge in [-0.1, -0.05) is 184 Å². The van der Waals surface area contributed by atoms with Gasteiger partial charge in [0.25, 0.3) is 0 Å². The van der Waals surface area contributed by atoms with Crippen LogP contribution in [0.2, 0.25) is 0 Å². The SMILES string of the molecule is CC1(C)c2ccccc2C2(c3ccccc3-c3cc(N(c4ccc(-c5ccccc5)cc4)c4ccccc4-c4ccccc4)ccc32)c2ccccc21. The molecule has 0 heterocycles. The number of benzene rings is 8. The van der Waals surface area contributed by atoms with Gasteiger partial charge in [0.05, 0.1) is 11.1 Å². The van der Waals surface area contributed by atoms with E-state index in [9.17, 15) is 0 Å². The molecule has 0 saturated heterocycles. The lowest BCUT2D eigenvalue weighted by Crippen LogP contribution is -2.40. The lowest BCUT2D eigenvalue weighted by atomic mass is 9.55. The Morgan fingerprint density at radius 2 is 0.774 bits per heavy atom. The highest BCUT2D eigenvalue weighted by Gasteiger charge is 2.53. The van der Waals surface area contributed by atoms with E-state index in [0.29, 0.717) is 0 Å². The molecular formula is C52H39N. The third-order valence-corrected chi connectivity index (χ3v) is 11.8. The highest BCUT2D eigenvalue weighted by atomic mass is 15.1. The van der Waals surface area contributed by atoms with Crippen LogP contribution in [-0.4, -0.2) is 0 Å². The van der Waals surface area contributed by atoms with Gasteiger partial charge in [-0.25, -0.2) is 0 Å². The van der Waals surface area contributed by atoms with Gasteiger partial charge in [0.1, 0.15) is 0 Å². The quantitative estimate of drug-likeness (QED) is 0.175. The molecule has 0 aliphatic heterocycles. The zero-order chi connectivity index (χ0) is 35.6. The summed E-state index contributed by atoms with van der Waals surface area (Å²) in [5.74, 6) is 0. The minimum Gasteiger partial charge on any atom is -0.310 e. The molecule has 2 aliphatic carbocycles. The molecule has 1 spiro atoms. The van der Waals surface area contributed by atoms with Crippen LogP contribution in [0.25, 0.3) is 33.4 Å². The molecule has 10 rings (SSSR count). The highest BCUT2D eigenvalue weighted by Crippen LogP contribution is 2.62. The van der Waals surface area contributed by atoms with Gasteiger partial charge in [-0.05, 0) is 91.5 Å². The van der Waals surface area contributed by atoms with E-state index in [1.54, 1.807) is 0 Å². The van der Waals surface area contributed by atoms with Crippen LogP contribution < -0.4 is 4.90 Å². The van der Waals surface area contributed by atoms with Crippen molar-refractivity contribution in [2.24, 2.45) is 0 Å². The number of nitrogens with zero attached hydrogens (tertiary/aromatic N) is 1. The number of hydrogen-bond donors (Lipinski definition) is 0. The van der Waals surface area contributed by atoms with Gasteiger partial charge < -0.3 is 4.90 Å². The fraction of sp³-hybridized carbons (Fsp3) is 0.0769. The van der Waals surface area contributed by atoms with Crippen molar-refractivity contribution in [3.05, 3.63) is 234 Å². The normalized spacial score (nSPS) is 14.2. The second kappa shape index (κ2) is 12.1. The van der Waals surface area contributed by atoms with E-state index in [2.05, 4.69) is 219 Å². The van der Waals surface area contributed by atoms with Gasteiger partial charge in [0.15, 0.2) is 0 Å². The minimum atomic E-state index is -0.419. The second-order valence-electron chi connectivity index (χ2n) is 14.9. The first-order valence-electron chi connectivity index (χ1n) is 18.6. The van der Waals surface area contributed by atoms with Gasteiger partial charge in [0, 0.05) is 22.4 Å². The van der Waals surface area contributed by atoms with Crippen molar-refractivity contribution in [1.29, 1.82) is 0 Å². The highest BCUT2D eigenvalue weighted by molar-refractivity contribution is 5.94. The largest absolute Gasteiger partial charge is 0.310 e. The van der Waals surface area contributed by atoms with E-state index in [1.165, 1.54) is 66.8 Å². The zero-order valence-corrected chi connectivity index (χ0v) is 30.0. The number of hydrogen-bond acceptors (Lipinski definition) is 1. The Bertz CT molecular complexity index is 2580. The average molecular weight is 678 g/mol. The average Bonchev–Trinajstić information content (AvgIpc) is 3.52. The summed E-state index contributed by atoms with van der Waals surface area (Å²) in [4.78, 5) is 2.44. The molecular weight excluding hydrogens is 639 g/mol. The first-order valence-corrected chi connectivity index (χ1v) is 18.6. The standard InChI is InChI=1S/C52H39N/c1-51(2)46-24-12-14-26-48(46)52(49-27-15-13-25-47(49)51)44-23-11-9-22-42(44)43-35-40(33-34-45(43)52)53(39-31-29-37(30-32-39)36-17-5-3-6-18-36)50-28-16-10-21-41(50)38-19-7-4-8-20-38/h3-35H,1-2H3. The molecule has 0 fully saturated rings. The summed E-state index contributed by atoms with van der Waals surface area (Å²) in [6.45, 7) is 4.76. The molecule has 0 atom stereocenters. The van der Waals surface area contributed by atoms with Crippen molar-refractivity contribution in [3.8, 4) is 33.4 Å². The fourth-order valence-corrected chi connectivity index (χ4v) is 9.38. The van der Waals surface area contributed by atoms with E-state index in [-0.39, 0.29) is 5.41 Å². The fourth-order valence-electron chi connectivity index (χ4n) is 9.38. The van der Waals surface area contributed by atoms with Crippen LogP contribution in [0.3, 0.4) is 0 Å². The molecule has 8 aromatic rings. The van der Waals surface area contributed by atoms with Crippen molar-refractivity contribution < 1.29 is 0 Å². The van der Waals surface area contributed by atoms with Crippen LogP contribution in [-0.2, 0) is 10.8 Å². The summed E-state index contributed by atoms with van der Waals surface area (Å²) >= 11 is 0. The number of anilines is 3. The Balaban J connectivity index is 1.23. The summed E-state index contributed by atoms with van der Waals surface area (Å²) < 4.78 is 0. The van der Waals surface area contributed by atoms with E-state index in [0.717, 1.165) is 17.1 Å². The maximum absolute atomic E-state index is 2.45. The molecule has 53 heavy (non-hydrogen) atoms. The topological polar surface area (TPSA) is 3.24 Å². The van der Waals surface area contributed by atoms with Crippen LogP contribution in [0.1, 0.15) is 47.2 Å². The number of rotatable bonds is 5. The lowest BCUT2D eigenvalue weighted by Gasteiger charge is -2.46. The summed E-state index contributed by atoms with van der Waals surface area (Å²) in [5, 5.41) is 0.